The highest BCUT2D eigenvalue weighted by molar-refractivity contribution is 6.09. The Kier molecular flexibility index (Phi) is 3.92. The van der Waals surface area contributed by atoms with Crippen LogP contribution in [0.25, 0.3) is 10.9 Å². The molecule has 4 rings (SSSR count). The van der Waals surface area contributed by atoms with E-state index in [0.29, 0.717) is 12.0 Å². The third-order valence-corrected chi connectivity index (χ3v) is 4.88. The van der Waals surface area contributed by atoms with Crippen LogP contribution in [0.3, 0.4) is 0 Å². The van der Waals surface area contributed by atoms with Crippen LogP contribution in [0.1, 0.15) is 29.4 Å². The van der Waals surface area contributed by atoms with Crippen LogP contribution in [0.4, 0.5) is 4.79 Å². The number of aromatic amines is 1. The van der Waals surface area contributed by atoms with Gasteiger partial charge in [0.05, 0.1) is 0 Å². The molecule has 4 amide bonds. The van der Waals surface area contributed by atoms with Crippen molar-refractivity contribution in [2.45, 2.75) is 18.9 Å². The molecule has 3 N–H and O–H groups in total. The molecule has 7 heteroatoms. The van der Waals surface area contributed by atoms with Crippen molar-refractivity contribution in [1.82, 2.24) is 20.7 Å². The number of urea groups is 1. The molecule has 7 nitrogen and oxygen atoms in total. The average Bonchev–Trinajstić information content (AvgIpc) is 3.23. The first-order valence-corrected chi connectivity index (χ1v) is 8.66. The number of para-hydroxylation sites is 1. The van der Waals surface area contributed by atoms with Crippen LogP contribution in [0.15, 0.2) is 60.7 Å². The number of benzene rings is 2. The number of nitrogens with zero attached hydrogens (tertiary/aromatic N) is 1. The van der Waals surface area contributed by atoms with E-state index in [1.807, 2.05) is 37.3 Å². The fraction of sp³-hybridized carbons (Fsp3) is 0.150. The SMILES string of the molecule is CC[C@]1(c2ccccc2)NC(=O)N(NC(=O)c2cc3ccccc3[nH]2)C1=O. The predicted octanol–water partition coefficient (Wildman–Crippen LogP) is 2.67. The van der Waals surface area contributed by atoms with E-state index in [-0.39, 0.29) is 5.69 Å². The molecule has 0 unspecified atom stereocenters. The van der Waals surface area contributed by atoms with Crippen molar-refractivity contribution in [2.24, 2.45) is 0 Å². The Labute approximate surface area is 155 Å². The number of fused-ring (bicyclic) bond motifs is 1. The molecule has 3 aromatic rings. The standard InChI is InChI=1S/C20H18N4O3/c1-2-20(14-9-4-3-5-10-14)18(26)24(19(27)22-20)23-17(25)16-12-13-8-6-7-11-15(13)21-16/h3-12,21H,2H2,1H3,(H,22,27)(H,23,25)/t20-/m1/s1. The number of hydrazine groups is 1. The smallest absolute Gasteiger partial charge is 0.344 e. The van der Waals surface area contributed by atoms with E-state index in [1.165, 1.54) is 0 Å². The van der Waals surface area contributed by atoms with Crippen LogP contribution >= 0.6 is 0 Å². The highest BCUT2D eigenvalue weighted by Crippen LogP contribution is 2.31. The summed E-state index contributed by atoms with van der Waals surface area (Å²) in [4.78, 5) is 41.0. The monoisotopic (exact) mass is 362 g/mol. The average molecular weight is 362 g/mol. The first-order valence-electron chi connectivity index (χ1n) is 8.66. The van der Waals surface area contributed by atoms with Gasteiger partial charge in [-0.05, 0) is 24.1 Å². The van der Waals surface area contributed by atoms with Crippen LogP contribution in [0.5, 0.6) is 0 Å². The van der Waals surface area contributed by atoms with E-state index in [9.17, 15) is 14.4 Å². The lowest BCUT2D eigenvalue weighted by molar-refractivity contribution is -0.133. The van der Waals surface area contributed by atoms with Gasteiger partial charge in [0.25, 0.3) is 11.8 Å². The van der Waals surface area contributed by atoms with E-state index in [0.717, 1.165) is 15.9 Å². The maximum absolute atomic E-state index is 13.0. The van der Waals surface area contributed by atoms with Crippen molar-refractivity contribution < 1.29 is 14.4 Å². The zero-order chi connectivity index (χ0) is 19.0. The molecule has 2 heterocycles. The second-order valence-electron chi connectivity index (χ2n) is 6.41. The van der Waals surface area contributed by atoms with Crippen LogP contribution in [0.2, 0.25) is 0 Å². The largest absolute Gasteiger partial charge is 0.350 e. The molecule has 0 bridgehead atoms. The summed E-state index contributed by atoms with van der Waals surface area (Å²) in [5.74, 6) is -1.07. The minimum Gasteiger partial charge on any atom is -0.350 e. The molecule has 2 aromatic carbocycles. The normalized spacial score (nSPS) is 19.4. The van der Waals surface area contributed by atoms with Gasteiger partial charge in [-0.25, -0.2) is 4.79 Å². The summed E-state index contributed by atoms with van der Waals surface area (Å²) in [6, 6.07) is 17.5. The zero-order valence-electron chi connectivity index (χ0n) is 14.7. The second-order valence-corrected chi connectivity index (χ2v) is 6.41. The molecule has 1 atom stereocenters. The lowest BCUT2D eigenvalue weighted by Crippen LogP contribution is -2.48. The maximum atomic E-state index is 13.0. The summed E-state index contributed by atoms with van der Waals surface area (Å²) >= 11 is 0. The van der Waals surface area contributed by atoms with Crippen molar-refractivity contribution in [3.05, 3.63) is 71.9 Å². The highest BCUT2D eigenvalue weighted by Gasteiger charge is 2.52. The number of nitrogens with one attached hydrogen (secondary N) is 3. The Morgan fingerprint density at radius 3 is 2.48 bits per heavy atom. The number of hydrogen-bond acceptors (Lipinski definition) is 3. The van der Waals surface area contributed by atoms with Gasteiger partial charge in [0.2, 0.25) is 0 Å². The van der Waals surface area contributed by atoms with Gasteiger partial charge in [-0.15, -0.1) is 0 Å². The molecule has 0 saturated carbocycles. The van der Waals surface area contributed by atoms with Crippen molar-refractivity contribution in [1.29, 1.82) is 0 Å². The van der Waals surface area contributed by atoms with Crippen molar-refractivity contribution in [3.63, 3.8) is 0 Å². The summed E-state index contributed by atoms with van der Waals surface area (Å²) in [5, 5.41) is 4.35. The number of amides is 4. The topological polar surface area (TPSA) is 94.3 Å². The minimum atomic E-state index is -1.19. The Hall–Kier alpha value is -3.61. The third kappa shape index (κ3) is 2.64. The van der Waals surface area contributed by atoms with Crippen LogP contribution in [0, 0.1) is 0 Å². The number of aromatic nitrogens is 1. The quantitative estimate of drug-likeness (QED) is 0.623. The summed E-state index contributed by atoms with van der Waals surface area (Å²) in [6.07, 6.45) is 0.361. The van der Waals surface area contributed by atoms with Gasteiger partial charge in [0.15, 0.2) is 0 Å². The molecular weight excluding hydrogens is 344 g/mol. The van der Waals surface area contributed by atoms with Gasteiger partial charge in [-0.1, -0.05) is 55.5 Å². The van der Waals surface area contributed by atoms with Crippen molar-refractivity contribution in [2.75, 3.05) is 0 Å². The number of rotatable bonds is 4. The molecule has 136 valence electrons. The molecule has 27 heavy (non-hydrogen) atoms. The first-order chi connectivity index (χ1) is 13.0. The number of H-pyrrole nitrogens is 1. The summed E-state index contributed by atoms with van der Waals surface area (Å²) in [5.41, 5.74) is 2.97. The zero-order valence-corrected chi connectivity index (χ0v) is 14.7. The van der Waals surface area contributed by atoms with E-state index in [1.54, 1.807) is 30.3 Å². The van der Waals surface area contributed by atoms with Gasteiger partial charge in [-0.2, -0.15) is 5.01 Å². The Morgan fingerprint density at radius 1 is 1.07 bits per heavy atom. The number of hydrogen-bond donors (Lipinski definition) is 3. The second kappa shape index (κ2) is 6.28. The molecular formula is C20H18N4O3. The van der Waals surface area contributed by atoms with Crippen molar-refractivity contribution in [3.8, 4) is 0 Å². The van der Waals surface area contributed by atoms with Gasteiger partial charge in [0, 0.05) is 10.9 Å². The summed E-state index contributed by atoms with van der Waals surface area (Å²) < 4.78 is 0. The Balaban J connectivity index is 1.61. The van der Waals surface area contributed by atoms with Gasteiger partial charge in [-0.3, -0.25) is 15.0 Å². The molecule has 0 aliphatic carbocycles. The van der Waals surface area contributed by atoms with Gasteiger partial charge in [0.1, 0.15) is 11.2 Å². The summed E-state index contributed by atoms with van der Waals surface area (Å²) in [7, 11) is 0. The number of carbonyl (C=O) groups is 3. The maximum Gasteiger partial charge on any atom is 0.344 e. The fourth-order valence-electron chi connectivity index (χ4n) is 3.40. The van der Waals surface area contributed by atoms with Crippen LogP contribution in [-0.2, 0) is 10.3 Å². The van der Waals surface area contributed by atoms with Gasteiger partial charge >= 0.3 is 6.03 Å². The molecule has 1 fully saturated rings. The highest BCUT2D eigenvalue weighted by atomic mass is 16.2. The number of imide groups is 1. The number of carbonyl (C=O) groups excluding carboxylic acids is 3. The van der Waals surface area contributed by atoms with E-state index in [4.69, 9.17) is 0 Å². The van der Waals surface area contributed by atoms with Crippen LogP contribution in [-0.4, -0.2) is 27.8 Å². The fourth-order valence-corrected chi connectivity index (χ4v) is 3.40. The van der Waals surface area contributed by atoms with Gasteiger partial charge < -0.3 is 10.3 Å². The lowest BCUT2D eigenvalue weighted by Gasteiger charge is -2.25. The van der Waals surface area contributed by atoms with Crippen molar-refractivity contribution >= 4 is 28.7 Å². The molecule has 0 radical (unpaired) electrons. The van der Waals surface area contributed by atoms with E-state index >= 15 is 0 Å². The predicted molar refractivity (Wildman–Crippen MR) is 99.6 cm³/mol. The molecule has 0 spiro atoms. The van der Waals surface area contributed by atoms with Crippen LogP contribution < -0.4 is 10.7 Å². The van der Waals surface area contributed by atoms with E-state index in [2.05, 4.69) is 15.7 Å². The molecule has 1 saturated heterocycles. The lowest BCUT2D eigenvalue weighted by atomic mass is 9.87. The molecule has 1 aliphatic rings. The third-order valence-electron chi connectivity index (χ3n) is 4.88. The Bertz CT molecular complexity index is 1010. The minimum absolute atomic E-state index is 0.269. The first kappa shape index (κ1) is 16.8. The Morgan fingerprint density at radius 2 is 1.78 bits per heavy atom. The summed E-state index contributed by atoms with van der Waals surface area (Å²) in [6.45, 7) is 1.81. The van der Waals surface area contributed by atoms with E-state index < -0.39 is 23.4 Å². The molecule has 1 aromatic heterocycles. The molecule has 1 aliphatic heterocycles.